The minimum absolute atomic E-state index is 0.0147. The lowest BCUT2D eigenvalue weighted by Gasteiger charge is -2.15. The van der Waals surface area contributed by atoms with Crippen molar-refractivity contribution in [3.63, 3.8) is 0 Å². The van der Waals surface area contributed by atoms with E-state index < -0.39 is 27.9 Å². The van der Waals surface area contributed by atoms with Crippen LogP contribution in [0.15, 0.2) is 51.8 Å². The number of amides is 2. The van der Waals surface area contributed by atoms with Crippen LogP contribution in [0.4, 0.5) is 5.69 Å². The lowest BCUT2D eigenvalue weighted by molar-refractivity contribution is -0.122. The average Bonchev–Trinajstić information content (AvgIpc) is 2.72. The summed E-state index contributed by atoms with van der Waals surface area (Å²) < 4.78 is 33.0. The summed E-state index contributed by atoms with van der Waals surface area (Å²) >= 11 is 14.4. The van der Waals surface area contributed by atoms with Crippen molar-refractivity contribution >= 4 is 72.4 Å². The number of benzene rings is 2. The van der Waals surface area contributed by atoms with Crippen molar-refractivity contribution in [1.29, 1.82) is 0 Å². The van der Waals surface area contributed by atoms with Crippen LogP contribution in [0.2, 0.25) is 5.02 Å². The minimum atomic E-state index is -4.08. The molecule has 2 aromatic carbocycles. The second kappa shape index (κ2) is 12.5. The highest BCUT2D eigenvalue weighted by atomic mass is 79.9. The molecule has 2 rings (SSSR count). The van der Waals surface area contributed by atoms with Crippen LogP contribution in [-0.2, 0) is 19.6 Å². The Morgan fingerprint density at radius 2 is 1.82 bits per heavy atom. The van der Waals surface area contributed by atoms with Gasteiger partial charge in [-0.05, 0) is 67.0 Å². The lowest BCUT2D eigenvalue weighted by atomic mass is 10.0. The number of rotatable bonds is 9. The number of nitrogens with two attached hydrogens (primary N) is 1. The van der Waals surface area contributed by atoms with Gasteiger partial charge in [-0.15, -0.1) is 0 Å². The molecule has 0 bridgehead atoms. The number of sulfonamides is 1. The topological polar surface area (TPSA) is 140 Å². The first-order valence-electron chi connectivity index (χ1n) is 9.98. The minimum Gasteiger partial charge on any atom is -0.482 e. The lowest BCUT2D eigenvalue weighted by Crippen LogP contribution is -2.43. The van der Waals surface area contributed by atoms with E-state index in [1.165, 1.54) is 24.3 Å². The molecule has 0 aliphatic carbocycles. The van der Waals surface area contributed by atoms with E-state index in [0.29, 0.717) is 22.9 Å². The van der Waals surface area contributed by atoms with Gasteiger partial charge in [0.25, 0.3) is 21.8 Å². The Balaban J connectivity index is 1.88. The highest BCUT2D eigenvalue weighted by Crippen LogP contribution is 2.27. The zero-order chi connectivity index (χ0) is 25.5. The molecule has 0 saturated carbocycles. The Kier molecular flexibility index (Phi) is 10.3. The van der Waals surface area contributed by atoms with E-state index in [9.17, 15) is 18.0 Å². The van der Waals surface area contributed by atoms with Gasteiger partial charge >= 0.3 is 0 Å². The third-order valence-corrected chi connectivity index (χ3v) is 6.58. The normalized spacial score (nSPS) is 12.1. The molecule has 1 atom stereocenters. The quantitative estimate of drug-likeness (QED) is 0.326. The van der Waals surface area contributed by atoms with E-state index in [2.05, 4.69) is 26.6 Å². The maximum Gasteiger partial charge on any atom is 0.264 e. The molecule has 0 fully saturated rings. The summed E-state index contributed by atoms with van der Waals surface area (Å²) in [5.74, 6) is -0.807. The summed E-state index contributed by atoms with van der Waals surface area (Å²) in [7, 11) is -4.08. The molecule has 0 aliphatic heterocycles. The molecule has 0 aromatic heterocycles. The molecule has 0 spiro atoms. The molecule has 13 heteroatoms. The number of halogens is 2. The van der Waals surface area contributed by atoms with E-state index in [0.717, 1.165) is 4.47 Å². The molecule has 9 nitrogen and oxygen atoms in total. The smallest absolute Gasteiger partial charge is 0.264 e. The molecule has 0 saturated heterocycles. The molecule has 5 N–H and O–H groups in total. The van der Waals surface area contributed by atoms with Crippen LogP contribution in [0.5, 0.6) is 5.75 Å². The number of carbonyl (C=O) groups is 2. The molecule has 0 aliphatic rings. The maximum atomic E-state index is 12.4. The first-order valence-corrected chi connectivity index (χ1v) is 13.0. The zero-order valence-electron chi connectivity index (χ0n) is 18.3. The monoisotopic (exact) mass is 590 g/mol. The van der Waals surface area contributed by atoms with Crippen LogP contribution in [0, 0.1) is 5.92 Å². The van der Waals surface area contributed by atoms with Crippen LogP contribution in [0.3, 0.4) is 0 Å². The predicted molar refractivity (Wildman–Crippen MR) is 138 cm³/mol. The molecular formula is C21H24BrClN4O5S2. The van der Waals surface area contributed by atoms with E-state index >= 15 is 0 Å². The van der Waals surface area contributed by atoms with Gasteiger partial charge in [0, 0.05) is 10.2 Å². The van der Waals surface area contributed by atoms with E-state index in [4.69, 9.17) is 34.3 Å². The largest absolute Gasteiger partial charge is 0.482 e. The van der Waals surface area contributed by atoms with E-state index in [1.54, 1.807) is 18.2 Å². The molecule has 0 heterocycles. The van der Waals surface area contributed by atoms with Gasteiger partial charge in [0.05, 0.1) is 16.0 Å². The molecule has 0 unspecified atom stereocenters. The Morgan fingerprint density at radius 3 is 2.41 bits per heavy atom. The van der Waals surface area contributed by atoms with Crippen LogP contribution >= 0.6 is 39.7 Å². The van der Waals surface area contributed by atoms with E-state index in [1.807, 2.05) is 18.6 Å². The first-order chi connectivity index (χ1) is 15.9. The van der Waals surface area contributed by atoms with Crippen LogP contribution in [0.25, 0.3) is 0 Å². The number of hydrogen-bond donors (Lipinski definition) is 4. The van der Waals surface area contributed by atoms with Gasteiger partial charge in [-0.3, -0.25) is 14.9 Å². The van der Waals surface area contributed by atoms with Gasteiger partial charge in [0.2, 0.25) is 0 Å². The third kappa shape index (κ3) is 8.84. The van der Waals surface area contributed by atoms with Gasteiger partial charge in [0.1, 0.15) is 5.75 Å². The van der Waals surface area contributed by atoms with Crippen LogP contribution in [-0.4, -0.2) is 38.0 Å². The number of carbonyl (C=O) groups excluding carboxylic acids is 2. The third-order valence-electron chi connectivity index (χ3n) is 4.23. The van der Waals surface area contributed by atoms with Gasteiger partial charge in [-0.1, -0.05) is 41.4 Å². The highest BCUT2D eigenvalue weighted by Gasteiger charge is 2.22. The maximum absolute atomic E-state index is 12.4. The number of nitrogens with one attached hydrogen (secondary N) is 3. The van der Waals surface area contributed by atoms with Crippen molar-refractivity contribution in [2.45, 2.75) is 31.2 Å². The summed E-state index contributed by atoms with van der Waals surface area (Å²) in [6.45, 7) is 3.44. The molecule has 184 valence electrons. The fourth-order valence-corrected chi connectivity index (χ4v) is 4.65. The van der Waals surface area contributed by atoms with Crippen molar-refractivity contribution < 1.29 is 22.7 Å². The Bertz CT molecular complexity index is 1160. The van der Waals surface area contributed by atoms with Crippen LogP contribution < -0.4 is 25.8 Å². The second-order valence-electron chi connectivity index (χ2n) is 7.60. The summed E-state index contributed by atoms with van der Waals surface area (Å²) in [5.41, 5.74) is 6.16. The number of thiocarbonyl (C=S) groups is 1. The molecule has 2 amide bonds. The Labute approximate surface area is 216 Å². The fraction of sp³-hybridized carbons (Fsp3) is 0.286. The Hall–Kier alpha value is -2.25. The summed E-state index contributed by atoms with van der Waals surface area (Å²) in [6, 6.07) is 9.49. The van der Waals surface area contributed by atoms with Gasteiger partial charge < -0.3 is 15.8 Å². The average molecular weight is 592 g/mol. The number of hydrogen-bond acceptors (Lipinski definition) is 7. The van der Waals surface area contributed by atoms with Gasteiger partial charge in [-0.2, -0.15) is 0 Å². The first kappa shape index (κ1) is 28.0. The van der Waals surface area contributed by atoms with Gasteiger partial charge in [0.15, 0.2) is 11.7 Å². The van der Waals surface area contributed by atoms with E-state index in [-0.39, 0.29) is 22.5 Å². The second-order valence-corrected chi connectivity index (χ2v) is 11.0. The summed E-state index contributed by atoms with van der Waals surface area (Å²) in [6.07, 6.45) is 0.356. The number of anilines is 1. The van der Waals surface area contributed by atoms with Gasteiger partial charge in [-0.25, -0.2) is 13.1 Å². The van der Waals surface area contributed by atoms with Crippen molar-refractivity contribution in [1.82, 2.24) is 10.0 Å². The standard InChI is InChI=1S/C21H24BrClN4O5S2/c1-12(2)9-17(24)20(29)27-34(30,31)15-6-4-14(5-7-15)25-21(33)26-19(28)11-32-18-8-3-13(22)10-16(18)23/h3-8,10,12,17H,9,11,24H2,1-2H3,(H,27,29)(H2,25,26,28,33)/t17-/m0/s1. The fourth-order valence-electron chi connectivity index (χ4n) is 2.66. The molecule has 2 aromatic rings. The number of ether oxygens (including phenoxy) is 1. The zero-order valence-corrected chi connectivity index (χ0v) is 22.3. The molecular weight excluding hydrogens is 568 g/mol. The van der Waals surface area contributed by atoms with Crippen molar-refractivity contribution in [2.75, 3.05) is 11.9 Å². The Morgan fingerprint density at radius 1 is 1.18 bits per heavy atom. The van der Waals surface area contributed by atoms with Crippen molar-refractivity contribution in [3.05, 3.63) is 52.0 Å². The van der Waals surface area contributed by atoms with Crippen molar-refractivity contribution in [2.24, 2.45) is 11.7 Å². The summed E-state index contributed by atoms with van der Waals surface area (Å²) in [5, 5.41) is 5.53. The van der Waals surface area contributed by atoms with Crippen molar-refractivity contribution in [3.8, 4) is 5.75 Å². The summed E-state index contributed by atoms with van der Waals surface area (Å²) in [4.78, 5) is 24.0. The highest BCUT2D eigenvalue weighted by molar-refractivity contribution is 9.10. The molecule has 34 heavy (non-hydrogen) atoms. The SMILES string of the molecule is CC(C)C[C@H](N)C(=O)NS(=O)(=O)c1ccc(NC(=S)NC(=O)COc2ccc(Br)cc2Cl)cc1. The molecule has 0 radical (unpaired) electrons. The van der Waals surface area contributed by atoms with Crippen LogP contribution in [0.1, 0.15) is 20.3 Å². The predicted octanol–water partition coefficient (Wildman–Crippen LogP) is 3.17.